The van der Waals surface area contributed by atoms with Gasteiger partial charge in [-0.1, -0.05) is 288 Å². The topological polar surface area (TPSA) is 78.9 Å². The first-order valence-corrected chi connectivity index (χ1v) is 31.5. The summed E-state index contributed by atoms with van der Waals surface area (Å²) >= 11 is 0. The minimum atomic E-state index is -0.770. The number of carbonyl (C=O) groups excluding carboxylic acids is 3. The van der Waals surface area contributed by atoms with E-state index in [1.165, 1.54) is 218 Å². The van der Waals surface area contributed by atoms with Gasteiger partial charge in [-0.15, -0.1) is 0 Å². The summed E-state index contributed by atoms with van der Waals surface area (Å²) in [5.41, 5.74) is 0. The van der Waals surface area contributed by atoms with Gasteiger partial charge in [0.25, 0.3) is 0 Å². The lowest BCUT2D eigenvalue weighted by molar-refractivity contribution is -0.167. The number of unbranched alkanes of at least 4 members (excludes halogenated alkanes) is 41. The van der Waals surface area contributed by atoms with Crippen LogP contribution in [0, 0.1) is 0 Å². The van der Waals surface area contributed by atoms with Crippen molar-refractivity contribution in [1.29, 1.82) is 0 Å². The standard InChI is InChI=1S/C65H120O6/c1-4-7-10-13-16-19-22-23-24-25-26-27-28-29-30-31-32-33-34-35-36-37-38-39-40-41-42-43-44-47-49-52-55-58-64(67)70-61-62(71-65(68)59-56-53-50-46-21-18-15-12-9-6-3)60-69-63(66)57-54-51-48-45-20-17-14-11-8-5-2/h12,15,22-23,25-26,62H,4-11,13-14,16-21,24,27-61H2,1-3H3/b15-12-,23-22-,26-25-. The molecule has 0 radical (unpaired) electrons. The van der Waals surface area contributed by atoms with Gasteiger partial charge >= 0.3 is 17.9 Å². The third-order valence-corrected chi connectivity index (χ3v) is 14.1. The summed E-state index contributed by atoms with van der Waals surface area (Å²) in [6.07, 6.45) is 73.3. The zero-order valence-electron chi connectivity index (χ0n) is 47.8. The van der Waals surface area contributed by atoms with Gasteiger partial charge in [0.1, 0.15) is 13.2 Å². The van der Waals surface area contributed by atoms with E-state index < -0.39 is 6.10 Å². The first kappa shape index (κ1) is 68.6. The molecule has 0 aliphatic carbocycles. The van der Waals surface area contributed by atoms with Gasteiger partial charge in [0.2, 0.25) is 0 Å². The molecule has 0 aliphatic rings. The first-order chi connectivity index (χ1) is 35.0. The molecule has 0 spiro atoms. The van der Waals surface area contributed by atoms with Crippen LogP contribution in [-0.2, 0) is 28.6 Å². The minimum Gasteiger partial charge on any atom is -0.462 e. The maximum atomic E-state index is 12.8. The van der Waals surface area contributed by atoms with Crippen molar-refractivity contribution >= 4 is 17.9 Å². The molecule has 0 aromatic rings. The second kappa shape index (κ2) is 60.2. The Bertz CT molecular complexity index is 1190. The van der Waals surface area contributed by atoms with E-state index >= 15 is 0 Å². The Balaban J connectivity index is 3.94. The Morgan fingerprint density at radius 3 is 0.845 bits per heavy atom. The molecule has 1 atom stereocenters. The highest BCUT2D eigenvalue weighted by Gasteiger charge is 2.19. The number of hydrogen-bond acceptors (Lipinski definition) is 6. The van der Waals surface area contributed by atoms with Gasteiger partial charge in [0.05, 0.1) is 0 Å². The monoisotopic (exact) mass is 997 g/mol. The lowest BCUT2D eigenvalue weighted by Gasteiger charge is -2.18. The Kier molecular flexibility index (Phi) is 58.2. The summed E-state index contributed by atoms with van der Waals surface area (Å²) in [6, 6.07) is 0. The maximum Gasteiger partial charge on any atom is 0.306 e. The molecule has 0 saturated carbocycles. The number of allylic oxidation sites excluding steroid dienone is 6. The van der Waals surface area contributed by atoms with Crippen LogP contribution in [0.3, 0.4) is 0 Å². The molecule has 0 aromatic carbocycles. The smallest absolute Gasteiger partial charge is 0.306 e. The largest absolute Gasteiger partial charge is 0.462 e. The van der Waals surface area contributed by atoms with Crippen molar-refractivity contribution in [2.45, 2.75) is 348 Å². The van der Waals surface area contributed by atoms with E-state index in [2.05, 4.69) is 57.2 Å². The van der Waals surface area contributed by atoms with Gasteiger partial charge in [-0.05, 0) is 70.6 Å². The molecule has 0 aliphatic heterocycles. The van der Waals surface area contributed by atoms with Gasteiger partial charge in [0, 0.05) is 19.3 Å². The first-order valence-electron chi connectivity index (χ1n) is 31.5. The van der Waals surface area contributed by atoms with Crippen molar-refractivity contribution in [1.82, 2.24) is 0 Å². The lowest BCUT2D eigenvalue weighted by atomic mass is 10.0. The van der Waals surface area contributed by atoms with E-state index in [-0.39, 0.29) is 31.1 Å². The highest BCUT2D eigenvalue weighted by molar-refractivity contribution is 5.71. The molecule has 0 aromatic heterocycles. The van der Waals surface area contributed by atoms with Crippen LogP contribution in [-0.4, -0.2) is 37.2 Å². The van der Waals surface area contributed by atoms with Crippen molar-refractivity contribution in [3.63, 3.8) is 0 Å². The predicted molar refractivity (Wildman–Crippen MR) is 307 cm³/mol. The van der Waals surface area contributed by atoms with E-state index in [0.717, 1.165) is 83.5 Å². The second-order valence-corrected chi connectivity index (χ2v) is 21.3. The Hall–Kier alpha value is -2.37. The van der Waals surface area contributed by atoms with Crippen LogP contribution >= 0.6 is 0 Å². The van der Waals surface area contributed by atoms with Crippen molar-refractivity contribution in [3.05, 3.63) is 36.5 Å². The highest BCUT2D eigenvalue weighted by Crippen LogP contribution is 2.17. The summed E-state index contributed by atoms with van der Waals surface area (Å²) in [5.74, 6) is -0.866. The van der Waals surface area contributed by atoms with Gasteiger partial charge in [-0.2, -0.15) is 0 Å². The van der Waals surface area contributed by atoms with Gasteiger partial charge in [-0.25, -0.2) is 0 Å². The molecule has 6 heteroatoms. The highest BCUT2D eigenvalue weighted by atomic mass is 16.6. The van der Waals surface area contributed by atoms with E-state index in [9.17, 15) is 14.4 Å². The molecule has 0 fully saturated rings. The second-order valence-electron chi connectivity index (χ2n) is 21.3. The molecule has 0 heterocycles. The Labute approximate surface area is 442 Å². The predicted octanol–water partition coefficient (Wildman–Crippen LogP) is 21.2. The van der Waals surface area contributed by atoms with Crippen molar-refractivity contribution < 1.29 is 28.6 Å². The van der Waals surface area contributed by atoms with Crippen LogP contribution in [0.1, 0.15) is 342 Å². The van der Waals surface area contributed by atoms with E-state index in [1.54, 1.807) is 0 Å². The summed E-state index contributed by atoms with van der Waals surface area (Å²) < 4.78 is 16.8. The lowest BCUT2D eigenvalue weighted by Crippen LogP contribution is -2.30. The number of carbonyl (C=O) groups is 3. The van der Waals surface area contributed by atoms with E-state index in [1.807, 2.05) is 0 Å². The third kappa shape index (κ3) is 58.4. The molecular formula is C65H120O6. The van der Waals surface area contributed by atoms with Crippen LogP contribution < -0.4 is 0 Å². The fourth-order valence-corrected chi connectivity index (χ4v) is 9.36. The molecule has 0 bridgehead atoms. The number of esters is 3. The minimum absolute atomic E-state index is 0.0705. The van der Waals surface area contributed by atoms with Crippen LogP contribution in [0.4, 0.5) is 0 Å². The number of rotatable bonds is 58. The normalized spacial score (nSPS) is 12.2. The fraction of sp³-hybridized carbons (Fsp3) is 0.862. The molecule has 416 valence electrons. The van der Waals surface area contributed by atoms with Gasteiger partial charge in [-0.3, -0.25) is 14.4 Å². The Morgan fingerprint density at radius 1 is 0.282 bits per heavy atom. The van der Waals surface area contributed by atoms with Gasteiger partial charge in [0.15, 0.2) is 6.10 Å². The SMILES string of the molecule is CCC/C=C\CCCCCCCC(=O)OC(COC(=O)CCCCCCCCCCCC)COC(=O)CCCCCCCCCCCCCCCCCCCCCCC/C=C\C/C=C\CCCCCCC. The summed E-state index contributed by atoms with van der Waals surface area (Å²) in [6.45, 7) is 6.58. The van der Waals surface area contributed by atoms with Crippen LogP contribution in [0.2, 0.25) is 0 Å². The zero-order chi connectivity index (χ0) is 51.4. The molecular weight excluding hydrogens is 877 g/mol. The zero-order valence-corrected chi connectivity index (χ0v) is 47.8. The van der Waals surface area contributed by atoms with E-state index in [0.29, 0.717) is 19.3 Å². The van der Waals surface area contributed by atoms with Crippen LogP contribution in [0.15, 0.2) is 36.5 Å². The van der Waals surface area contributed by atoms with E-state index in [4.69, 9.17) is 14.2 Å². The molecule has 71 heavy (non-hydrogen) atoms. The molecule has 1 unspecified atom stereocenters. The number of ether oxygens (including phenoxy) is 3. The summed E-state index contributed by atoms with van der Waals surface area (Å²) in [4.78, 5) is 38.0. The molecule has 0 N–H and O–H groups in total. The van der Waals surface area contributed by atoms with Gasteiger partial charge < -0.3 is 14.2 Å². The molecule has 0 amide bonds. The van der Waals surface area contributed by atoms with Crippen molar-refractivity contribution in [3.8, 4) is 0 Å². The average molecular weight is 998 g/mol. The van der Waals surface area contributed by atoms with Crippen LogP contribution in [0.25, 0.3) is 0 Å². The molecule has 0 rings (SSSR count). The summed E-state index contributed by atoms with van der Waals surface area (Å²) in [5, 5.41) is 0. The quantitative estimate of drug-likeness (QED) is 0.0261. The maximum absolute atomic E-state index is 12.8. The van der Waals surface area contributed by atoms with Crippen molar-refractivity contribution in [2.24, 2.45) is 0 Å². The Morgan fingerprint density at radius 2 is 0.535 bits per heavy atom. The summed E-state index contributed by atoms with van der Waals surface area (Å²) in [7, 11) is 0. The van der Waals surface area contributed by atoms with Crippen molar-refractivity contribution in [2.75, 3.05) is 13.2 Å². The van der Waals surface area contributed by atoms with Crippen LogP contribution in [0.5, 0.6) is 0 Å². The fourth-order valence-electron chi connectivity index (χ4n) is 9.36. The third-order valence-electron chi connectivity index (χ3n) is 14.1. The number of hydrogen-bond donors (Lipinski definition) is 0. The average Bonchev–Trinajstić information content (AvgIpc) is 3.37. The molecule has 0 saturated heterocycles. The molecule has 6 nitrogen and oxygen atoms in total.